The Bertz CT molecular complexity index is 844. The van der Waals surface area contributed by atoms with Crippen LogP contribution in [0.3, 0.4) is 0 Å². The molecule has 1 aliphatic heterocycles. The van der Waals surface area contributed by atoms with Crippen LogP contribution in [0.2, 0.25) is 0 Å². The first-order chi connectivity index (χ1) is 14.4. The van der Waals surface area contributed by atoms with Crippen molar-refractivity contribution in [3.05, 3.63) is 61.5 Å². The van der Waals surface area contributed by atoms with Crippen molar-refractivity contribution in [2.75, 3.05) is 30.8 Å². The number of para-hydroxylation sites is 1. The van der Waals surface area contributed by atoms with E-state index >= 15 is 0 Å². The Morgan fingerprint density at radius 2 is 2.00 bits per heavy atom. The maximum Gasteiger partial charge on any atom is 0.238 e. The van der Waals surface area contributed by atoms with Crippen LogP contribution in [0.5, 0.6) is 0 Å². The molecule has 0 atom stereocenters. The van der Waals surface area contributed by atoms with Crippen molar-refractivity contribution >= 4 is 34.1 Å². The number of nitrogens with one attached hydrogen (secondary N) is 2. The zero-order valence-electron chi connectivity index (χ0n) is 18.0. The minimum atomic E-state index is 0.0140. The SMILES string of the molecule is C=C(NC1CCN(CC(=O)Nc2cnc3ccccc3c2)CC1)C(C)C.C=CCCl. The number of pyridine rings is 1. The number of halogens is 1. The predicted molar refractivity (Wildman–Crippen MR) is 128 cm³/mol. The van der Waals surface area contributed by atoms with Crippen LogP contribution in [-0.2, 0) is 4.79 Å². The first-order valence-corrected chi connectivity index (χ1v) is 11.0. The molecule has 0 spiro atoms. The summed E-state index contributed by atoms with van der Waals surface area (Å²) in [4.78, 5) is 19.0. The molecule has 162 valence electrons. The fourth-order valence-electron chi connectivity index (χ4n) is 3.21. The van der Waals surface area contributed by atoms with E-state index in [-0.39, 0.29) is 5.91 Å². The average molecular weight is 429 g/mol. The Kier molecular flexibility index (Phi) is 9.84. The highest BCUT2D eigenvalue weighted by molar-refractivity contribution is 6.18. The molecule has 0 bridgehead atoms. The highest BCUT2D eigenvalue weighted by Gasteiger charge is 2.21. The summed E-state index contributed by atoms with van der Waals surface area (Å²) in [6, 6.07) is 10.3. The van der Waals surface area contributed by atoms with Gasteiger partial charge in [0.1, 0.15) is 0 Å². The van der Waals surface area contributed by atoms with Gasteiger partial charge >= 0.3 is 0 Å². The topological polar surface area (TPSA) is 57.3 Å². The maximum atomic E-state index is 12.4. The molecule has 1 aliphatic rings. The zero-order valence-corrected chi connectivity index (χ0v) is 18.8. The molecular formula is C24H33ClN4O. The molecule has 30 heavy (non-hydrogen) atoms. The predicted octanol–water partition coefficient (Wildman–Crippen LogP) is 4.81. The molecule has 0 radical (unpaired) electrons. The summed E-state index contributed by atoms with van der Waals surface area (Å²) in [5.41, 5.74) is 2.78. The van der Waals surface area contributed by atoms with E-state index in [0.29, 0.717) is 24.4 Å². The van der Waals surface area contributed by atoms with Crippen molar-refractivity contribution in [2.45, 2.75) is 32.7 Å². The lowest BCUT2D eigenvalue weighted by atomic mass is 10.0. The van der Waals surface area contributed by atoms with E-state index in [1.165, 1.54) is 0 Å². The van der Waals surface area contributed by atoms with Crippen molar-refractivity contribution in [2.24, 2.45) is 5.92 Å². The number of hydrogen-bond donors (Lipinski definition) is 2. The zero-order chi connectivity index (χ0) is 21.9. The van der Waals surface area contributed by atoms with Crippen LogP contribution in [0.4, 0.5) is 5.69 Å². The van der Waals surface area contributed by atoms with E-state index in [1.54, 1.807) is 12.3 Å². The number of fused-ring (bicyclic) bond motifs is 1. The first-order valence-electron chi connectivity index (χ1n) is 10.4. The molecule has 1 fully saturated rings. The second kappa shape index (κ2) is 12.4. The van der Waals surface area contributed by atoms with Crippen molar-refractivity contribution in [3.63, 3.8) is 0 Å². The number of amides is 1. The summed E-state index contributed by atoms with van der Waals surface area (Å²) in [5.74, 6) is 1.02. The molecule has 5 nitrogen and oxygen atoms in total. The fourth-order valence-corrected chi connectivity index (χ4v) is 3.21. The van der Waals surface area contributed by atoms with E-state index in [2.05, 4.69) is 47.5 Å². The lowest BCUT2D eigenvalue weighted by molar-refractivity contribution is -0.117. The highest BCUT2D eigenvalue weighted by Crippen LogP contribution is 2.17. The number of allylic oxidation sites excluding steroid dienone is 2. The van der Waals surface area contributed by atoms with E-state index in [9.17, 15) is 4.79 Å². The van der Waals surface area contributed by atoms with Gasteiger partial charge in [0.15, 0.2) is 0 Å². The number of aromatic nitrogens is 1. The van der Waals surface area contributed by atoms with Crippen molar-refractivity contribution in [3.8, 4) is 0 Å². The molecule has 0 aliphatic carbocycles. The second-order valence-corrected chi connectivity index (χ2v) is 8.09. The largest absolute Gasteiger partial charge is 0.386 e. The van der Waals surface area contributed by atoms with Crippen molar-refractivity contribution in [1.29, 1.82) is 0 Å². The van der Waals surface area contributed by atoms with Gasteiger partial charge in [0.05, 0.1) is 23.9 Å². The number of anilines is 1. The van der Waals surface area contributed by atoms with E-state index < -0.39 is 0 Å². The summed E-state index contributed by atoms with van der Waals surface area (Å²) in [6.45, 7) is 14.0. The van der Waals surface area contributed by atoms with Gasteiger partial charge in [-0.1, -0.05) is 44.7 Å². The van der Waals surface area contributed by atoms with Crippen LogP contribution >= 0.6 is 11.6 Å². The van der Waals surface area contributed by atoms with Crippen LogP contribution in [0, 0.1) is 5.92 Å². The number of nitrogens with zero attached hydrogens (tertiary/aromatic N) is 2. The van der Waals surface area contributed by atoms with Gasteiger partial charge in [-0.2, -0.15) is 0 Å². The molecule has 1 amide bonds. The summed E-state index contributed by atoms with van der Waals surface area (Å²) >= 11 is 5.07. The third-order valence-corrected chi connectivity index (χ3v) is 5.24. The second-order valence-electron chi connectivity index (χ2n) is 7.78. The third kappa shape index (κ3) is 7.81. The fraction of sp³-hybridized carbons (Fsp3) is 0.417. The van der Waals surface area contributed by atoms with Gasteiger partial charge in [-0.15, -0.1) is 18.2 Å². The Hall–Kier alpha value is -2.37. The summed E-state index contributed by atoms with van der Waals surface area (Å²) in [5, 5.41) is 7.52. The third-order valence-electron chi connectivity index (χ3n) is 5.02. The number of rotatable bonds is 7. The molecule has 2 N–H and O–H groups in total. The van der Waals surface area contributed by atoms with Gasteiger partial charge in [-0.25, -0.2) is 0 Å². The van der Waals surface area contributed by atoms with Gasteiger partial charge < -0.3 is 10.6 Å². The molecule has 0 unspecified atom stereocenters. The number of hydrogen-bond acceptors (Lipinski definition) is 4. The molecule has 1 saturated heterocycles. The molecule has 2 heterocycles. The maximum absolute atomic E-state index is 12.4. The minimum absolute atomic E-state index is 0.0140. The molecule has 6 heteroatoms. The van der Waals surface area contributed by atoms with E-state index in [0.717, 1.165) is 48.2 Å². The lowest BCUT2D eigenvalue weighted by Gasteiger charge is -2.33. The Morgan fingerprint density at radius 1 is 1.33 bits per heavy atom. The Balaban J connectivity index is 0.000000735. The summed E-state index contributed by atoms with van der Waals surface area (Å²) < 4.78 is 0. The smallest absolute Gasteiger partial charge is 0.238 e. The molecule has 3 rings (SSSR count). The number of alkyl halides is 1. The molecule has 0 saturated carbocycles. The minimum Gasteiger partial charge on any atom is -0.386 e. The van der Waals surface area contributed by atoms with E-state index in [1.807, 2.05) is 30.3 Å². The van der Waals surface area contributed by atoms with E-state index in [4.69, 9.17) is 11.6 Å². The normalized spacial score (nSPS) is 14.7. The van der Waals surface area contributed by atoms with Gasteiger partial charge in [0.2, 0.25) is 5.91 Å². The highest BCUT2D eigenvalue weighted by atomic mass is 35.5. The number of carbonyl (C=O) groups excluding carboxylic acids is 1. The molecular weight excluding hydrogens is 396 g/mol. The molecule has 1 aromatic carbocycles. The number of carbonyl (C=O) groups is 1. The molecule has 2 aromatic rings. The van der Waals surface area contributed by atoms with Gasteiger partial charge in [0.25, 0.3) is 0 Å². The van der Waals surface area contributed by atoms with Gasteiger partial charge in [-0.3, -0.25) is 14.7 Å². The monoisotopic (exact) mass is 428 g/mol. The number of piperidine rings is 1. The first kappa shape index (κ1) is 23.9. The van der Waals surface area contributed by atoms with Crippen molar-refractivity contribution < 1.29 is 4.79 Å². The quantitative estimate of drug-likeness (QED) is 0.491. The lowest BCUT2D eigenvalue weighted by Crippen LogP contribution is -2.45. The van der Waals surface area contributed by atoms with Crippen LogP contribution in [-0.4, -0.2) is 47.3 Å². The van der Waals surface area contributed by atoms with Gasteiger partial charge in [0, 0.05) is 36.1 Å². The standard InChI is InChI=1S/C21H28N4O.C3H5Cl/c1-15(2)16(3)23-18-8-10-25(11-9-18)14-21(26)24-19-12-17-6-4-5-7-20(17)22-13-19;1-2-3-4/h4-7,12-13,15,18,23H,3,8-11,14H2,1-2H3,(H,24,26);2H,1,3H2. The van der Waals surface area contributed by atoms with Gasteiger partial charge in [-0.05, 0) is 30.9 Å². The average Bonchev–Trinajstić information content (AvgIpc) is 2.75. The van der Waals surface area contributed by atoms with Crippen LogP contribution < -0.4 is 10.6 Å². The molecule has 1 aromatic heterocycles. The van der Waals surface area contributed by atoms with Crippen LogP contribution in [0.25, 0.3) is 10.9 Å². The Morgan fingerprint density at radius 3 is 2.63 bits per heavy atom. The van der Waals surface area contributed by atoms with Crippen LogP contribution in [0.15, 0.2) is 61.5 Å². The van der Waals surface area contributed by atoms with Crippen molar-refractivity contribution in [1.82, 2.24) is 15.2 Å². The van der Waals surface area contributed by atoms with Crippen LogP contribution in [0.1, 0.15) is 26.7 Å². The Labute approximate surface area is 185 Å². The summed E-state index contributed by atoms with van der Waals surface area (Å²) in [7, 11) is 0. The number of likely N-dealkylation sites (tertiary alicyclic amines) is 1. The number of benzene rings is 1. The summed E-state index contributed by atoms with van der Waals surface area (Å²) in [6.07, 6.45) is 5.43.